The van der Waals surface area contributed by atoms with Crippen LogP contribution >= 0.6 is 11.5 Å². The highest BCUT2D eigenvalue weighted by atomic mass is 32.1. The Morgan fingerprint density at radius 1 is 1.47 bits per heavy atom. The highest BCUT2D eigenvalue weighted by Crippen LogP contribution is 2.40. The molecule has 0 aliphatic heterocycles. The van der Waals surface area contributed by atoms with Gasteiger partial charge in [0.25, 0.3) is 5.19 Å². The van der Waals surface area contributed by atoms with E-state index in [0.717, 1.165) is 42.6 Å². The fraction of sp³-hybridized carbons (Fsp3) is 0.250. The molecule has 0 unspecified atom stereocenters. The Kier molecular flexibility index (Phi) is 2.90. The van der Waals surface area contributed by atoms with Gasteiger partial charge in [0.2, 0.25) is 0 Å². The van der Waals surface area contributed by atoms with Crippen LogP contribution in [0.2, 0.25) is 0 Å². The summed E-state index contributed by atoms with van der Waals surface area (Å²) in [6.07, 6.45) is 2.13. The van der Waals surface area contributed by atoms with Gasteiger partial charge in [-0.25, -0.2) is 9.18 Å². The molecule has 98 valence electrons. The summed E-state index contributed by atoms with van der Waals surface area (Å²) in [6, 6.07) is 3.27. The maximum Gasteiger partial charge on any atom is 0.339 e. The Morgan fingerprint density at radius 3 is 2.95 bits per heavy atom. The zero-order valence-electron chi connectivity index (χ0n) is 9.67. The van der Waals surface area contributed by atoms with Gasteiger partial charge in [-0.15, -0.1) is 0 Å². The molecule has 2 aromatic rings. The van der Waals surface area contributed by atoms with Crippen LogP contribution in [0.5, 0.6) is 10.9 Å². The quantitative estimate of drug-likeness (QED) is 0.931. The smallest absolute Gasteiger partial charge is 0.339 e. The molecule has 1 aromatic carbocycles. The Labute approximate surface area is 111 Å². The van der Waals surface area contributed by atoms with Crippen molar-refractivity contribution in [2.45, 2.75) is 18.8 Å². The van der Waals surface area contributed by atoms with E-state index in [1.54, 1.807) is 0 Å². The Balaban J connectivity index is 1.88. The number of carboxylic acid groups (broad SMARTS) is 1. The first-order chi connectivity index (χ1) is 9.13. The molecular weight excluding hydrogens is 271 g/mol. The van der Waals surface area contributed by atoms with E-state index in [-0.39, 0.29) is 16.5 Å². The summed E-state index contributed by atoms with van der Waals surface area (Å²) in [5, 5.41) is 9.23. The summed E-state index contributed by atoms with van der Waals surface area (Å²) in [5.41, 5.74) is -0.107. The monoisotopic (exact) mass is 280 g/mol. The summed E-state index contributed by atoms with van der Waals surface area (Å²) in [6.45, 7) is 0. The van der Waals surface area contributed by atoms with Crippen LogP contribution in [0.15, 0.2) is 18.2 Å². The first-order valence-corrected chi connectivity index (χ1v) is 6.45. The van der Waals surface area contributed by atoms with Crippen molar-refractivity contribution in [2.24, 2.45) is 0 Å². The van der Waals surface area contributed by atoms with Crippen LogP contribution in [0.1, 0.15) is 34.9 Å². The Hall–Kier alpha value is -2.02. The van der Waals surface area contributed by atoms with Crippen molar-refractivity contribution in [1.29, 1.82) is 0 Å². The van der Waals surface area contributed by atoms with Gasteiger partial charge in [-0.3, -0.25) is 0 Å². The largest absolute Gasteiger partial charge is 0.478 e. The highest BCUT2D eigenvalue weighted by molar-refractivity contribution is 7.07. The number of carboxylic acids is 1. The van der Waals surface area contributed by atoms with E-state index in [2.05, 4.69) is 9.36 Å². The second kappa shape index (κ2) is 4.58. The average molecular weight is 280 g/mol. The maximum absolute atomic E-state index is 13.2. The topological polar surface area (TPSA) is 72.3 Å². The molecule has 5 nitrogen and oxygen atoms in total. The van der Waals surface area contributed by atoms with Gasteiger partial charge in [0.05, 0.1) is 0 Å². The van der Waals surface area contributed by atoms with E-state index in [1.165, 1.54) is 0 Å². The lowest BCUT2D eigenvalue weighted by Gasteiger charge is -2.05. The van der Waals surface area contributed by atoms with Gasteiger partial charge in [0.15, 0.2) is 0 Å². The zero-order chi connectivity index (χ0) is 13.4. The molecule has 1 aromatic heterocycles. The summed E-state index contributed by atoms with van der Waals surface area (Å²) >= 11 is 1.04. The second-order valence-electron chi connectivity index (χ2n) is 4.24. The van der Waals surface area contributed by atoms with Crippen molar-refractivity contribution >= 4 is 17.5 Å². The number of hydrogen-bond acceptors (Lipinski definition) is 5. The molecule has 1 saturated carbocycles. The SMILES string of the molecule is O=C(O)c1ccc(F)cc1Oc1nc(C2CC2)ns1. The molecule has 1 aliphatic carbocycles. The third kappa shape index (κ3) is 2.55. The van der Waals surface area contributed by atoms with Crippen LogP contribution in [-0.2, 0) is 0 Å². The van der Waals surface area contributed by atoms with E-state index in [0.29, 0.717) is 11.7 Å². The van der Waals surface area contributed by atoms with Crippen molar-refractivity contribution < 1.29 is 19.0 Å². The molecular formula is C12H9FN2O3S. The molecule has 1 heterocycles. The number of nitrogens with zero attached hydrogens (tertiary/aromatic N) is 2. The van der Waals surface area contributed by atoms with Crippen LogP contribution in [0.3, 0.4) is 0 Å². The zero-order valence-corrected chi connectivity index (χ0v) is 10.5. The predicted octanol–water partition coefficient (Wildman–Crippen LogP) is 3.05. The van der Waals surface area contributed by atoms with Crippen LogP contribution < -0.4 is 4.74 Å². The lowest BCUT2D eigenvalue weighted by molar-refractivity contribution is 0.0694. The molecule has 0 spiro atoms. The standard InChI is InChI=1S/C12H9FN2O3S/c13-7-3-4-8(11(16)17)9(5-7)18-12-14-10(15-19-12)6-1-2-6/h3-6H,1-2H2,(H,16,17). The number of ether oxygens (including phenoxy) is 1. The molecule has 0 bridgehead atoms. The molecule has 0 saturated heterocycles. The van der Waals surface area contributed by atoms with Gasteiger partial charge >= 0.3 is 5.97 Å². The van der Waals surface area contributed by atoms with Gasteiger partial charge in [-0.1, -0.05) is 0 Å². The van der Waals surface area contributed by atoms with Gasteiger partial charge in [-0.2, -0.15) is 9.36 Å². The summed E-state index contributed by atoms with van der Waals surface area (Å²) in [4.78, 5) is 15.2. The summed E-state index contributed by atoms with van der Waals surface area (Å²) in [5.74, 6) is -0.701. The molecule has 1 fully saturated rings. The van der Waals surface area contributed by atoms with Gasteiger partial charge < -0.3 is 9.84 Å². The molecule has 3 rings (SSSR count). The Morgan fingerprint density at radius 2 is 2.26 bits per heavy atom. The molecule has 1 aliphatic rings. The lowest BCUT2D eigenvalue weighted by atomic mass is 10.2. The van der Waals surface area contributed by atoms with Crippen LogP contribution in [0, 0.1) is 5.82 Å². The number of benzene rings is 1. The lowest BCUT2D eigenvalue weighted by Crippen LogP contribution is -2.00. The maximum atomic E-state index is 13.2. The fourth-order valence-corrected chi connectivity index (χ4v) is 2.24. The van der Waals surface area contributed by atoms with Gasteiger partial charge in [0, 0.05) is 23.5 Å². The predicted molar refractivity (Wildman–Crippen MR) is 65.3 cm³/mol. The van der Waals surface area contributed by atoms with Gasteiger partial charge in [0.1, 0.15) is 23.0 Å². The van der Waals surface area contributed by atoms with E-state index in [4.69, 9.17) is 9.84 Å². The second-order valence-corrected chi connectivity index (χ2v) is 4.95. The average Bonchev–Trinajstić information content (AvgIpc) is 3.10. The first-order valence-electron chi connectivity index (χ1n) is 5.68. The van der Waals surface area contributed by atoms with Crippen molar-refractivity contribution in [3.63, 3.8) is 0 Å². The number of aromatic carboxylic acids is 1. The van der Waals surface area contributed by atoms with E-state index in [9.17, 15) is 9.18 Å². The number of rotatable bonds is 4. The molecule has 7 heteroatoms. The van der Waals surface area contributed by atoms with E-state index >= 15 is 0 Å². The molecule has 0 radical (unpaired) electrons. The van der Waals surface area contributed by atoms with Crippen LogP contribution in [0.25, 0.3) is 0 Å². The summed E-state index contributed by atoms with van der Waals surface area (Å²) in [7, 11) is 0. The molecule has 19 heavy (non-hydrogen) atoms. The summed E-state index contributed by atoms with van der Waals surface area (Å²) < 4.78 is 22.6. The number of halogens is 1. The Bertz CT molecular complexity index is 640. The third-order valence-corrected chi connectivity index (χ3v) is 3.35. The van der Waals surface area contributed by atoms with Crippen molar-refractivity contribution in [3.8, 4) is 10.9 Å². The van der Waals surface area contributed by atoms with E-state index in [1.807, 2.05) is 0 Å². The molecule has 0 atom stereocenters. The van der Waals surface area contributed by atoms with Crippen molar-refractivity contribution in [2.75, 3.05) is 0 Å². The minimum absolute atomic E-state index is 0.0639. The van der Waals surface area contributed by atoms with Crippen LogP contribution in [0.4, 0.5) is 4.39 Å². The normalized spacial score (nSPS) is 14.4. The van der Waals surface area contributed by atoms with Crippen molar-refractivity contribution in [3.05, 3.63) is 35.4 Å². The fourth-order valence-electron chi connectivity index (χ4n) is 1.62. The number of carbonyl (C=O) groups is 1. The van der Waals surface area contributed by atoms with E-state index < -0.39 is 11.8 Å². The van der Waals surface area contributed by atoms with Crippen LogP contribution in [-0.4, -0.2) is 20.4 Å². The minimum atomic E-state index is -1.18. The first kappa shape index (κ1) is 12.0. The molecule has 0 amide bonds. The van der Waals surface area contributed by atoms with Crippen molar-refractivity contribution in [1.82, 2.24) is 9.36 Å². The number of aromatic nitrogens is 2. The number of hydrogen-bond donors (Lipinski definition) is 1. The third-order valence-electron chi connectivity index (χ3n) is 2.74. The minimum Gasteiger partial charge on any atom is -0.478 e. The molecule has 1 N–H and O–H groups in total. The highest BCUT2D eigenvalue weighted by Gasteiger charge is 2.28. The van der Waals surface area contributed by atoms with Gasteiger partial charge in [-0.05, 0) is 25.0 Å².